The van der Waals surface area contributed by atoms with Crippen molar-refractivity contribution in [3.63, 3.8) is 0 Å². The molecule has 138 valence electrons. The molecule has 2 aromatic carbocycles. The Morgan fingerprint density at radius 2 is 1.77 bits per heavy atom. The van der Waals surface area contributed by atoms with E-state index in [-0.39, 0.29) is 10.5 Å². The molecular weight excluding hydrogens is 359 g/mol. The molecule has 1 saturated heterocycles. The number of carbonyl (C=O) groups excluding carboxylic acids is 1. The fourth-order valence-electron chi connectivity index (χ4n) is 2.64. The van der Waals surface area contributed by atoms with Crippen molar-refractivity contribution in [1.82, 2.24) is 4.31 Å². The lowest BCUT2D eigenvalue weighted by Gasteiger charge is -2.26. The zero-order valence-electron chi connectivity index (χ0n) is 14.2. The number of hydrogen-bond donors (Lipinski definition) is 1. The third-order valence-corrected chi connectivity index (χ3v) is 6.09. The standard InChI is InChI=1S/C18H19FN2O4S/c1-13-2-5-15(19)12-17(13)20-18(22)14-3-6-16(7-4-14)26(23,24)21-8-10-25-11-9-21/h2-7,12H,8-11H2,1H3,(H,20,22). The van der Waals surface area contributed by atoms with Gasteiger partial charge in [0.05, 0.1) is 18.1 Å². The average molecular weight is 378 g/mol. The highest BCUT2D eigenvalue weighted by Crippen LogP contribution is 2.20. The van der Waals surface area contributed by atoms with Gasteiger partial charge in [-0.2, -0.15) is 4.31 Å². The molecule has 6 nitrogen and oxygen atoms in total. The summed E-state index contributed by atoms with van der Waals surface area (Å²) in [6.07, 6.45) is 0. The van der Waals surface area contributed by atoms with E-state index in [9.17, 15) is 17.6 Å². The fraction of sp³-hybridized carbons (Fsp3) is 0.278. The monoisotopic (exact) mass is 378 g/mol. The van der Waals surface area contributed by atoms with Crippen LogP contribution in [0.4, 0.5) is 10.1 Å². The fourth-order valence-corrected chi connectivity index (χ4v) is 4.05. The Morgan fingerprint density at radius 3 is 2.42 bits per heavy atom. The van der Waals surface area contributed by atoms with E-state index < -0.39 is 21.7 Å². The molecule has 1 heterocycles. The van der Waals surface area contributed by atoms with Gasteiger partial charge < -0.3 is 10.1 Å². The Morgan fingerprint density at radius 1 is 1.12 bits per heavy atom. The minimum Gasteiger partial charge on any atom is -0.379 e. The molecule has 1 fully saturated rings. The Hall–Kier alpha value is -2.29. The zero-order valence-corrected chi connectivity index (χ0v) is 15.1. The molecule has 0 aliphatic carbocycles. The third-order valence-electron chi connectivity index (χ3n) is 4.17. The first-order valence-electron chi connectivity index (χ1n) is 8.13. The number of ether oxygens (including phenoxy) is 1. The molecule has 0 bridgehead atoms. The number of halogens is 1. The molecule has 2 aromatic rings. The topological polar surface area (TPSA) is 75.7 Å². The molecule has 1 N–H and O–H groups in total. The van der Waals surface area contributed by atoms with Gasteiger partial charge in [-0.3, -0.25) is 4.79 Å². The SMILES string of the molecule is Cc1ccc(F)cc1NC(=O)c1ccc(S(=O)(=O)N2CCOCC2)cc1. The Labute approximate surface area is 151 Å². The van der Waals surface area contributed by atoms with Crippen molar-refractivity contribution in [1.29, 1.82) is 0 Å². The number of amides is 1. The first-order chi connectivity index (χ1) is 12.4. The van der Waals surface area contributed by atoms with Gasteiger partial charge in [-0.15, -0.1) is 0 Å². The number of nitrogens with zero attached hydrogens (tertiary/aromatic N) is 1. The Balaban J connectivity index is 1.76. The van der Waals surface area contributed by atoms with Gasteiger partial charge >= 0.3 is 0 Å². The summed E-state index contributed by atoms with van der Waals surface area (Å²) in [4.78, 5) is 12.5. The van der Waals surface area contributed by atoms with Gasteiger partial charge in [0, 0.05) is 24.3 Å². The zero-order chi connectivity index (χ0) is 18.7. The molecule has 1 aliphatic heterocycles. The number of morpholine rings is 1. The van der Waals surface area contributed by atoms with Gasteiger partial charge in [-0.25, -0.2) is 12.8 Å². The van der Waals surface area contributed by atoms with Crippen LogP contribution in [-0.2, 0) is 14.8 Å². The molecule has 0 saturated carbocycles. The molecule has 8 heteroatoms. The summed E-state index contributed by atoms with van der Waals surface area (Å²) in [6.45, 7) is 3.11. The van der Waals surface area contributed by atoms with Crippen LogP contribution in [0.15, 0.2) is 47.4 Å². The lowest BCUT2D eigenvalue weighted by molar-refractivity contribution is 0.0730. The van der Waals surface area contributed by atoms with Crippen LogP contribution < -0.4 is 5.32 Å². The van der Waals surface area contributed by atoms with E-state index in [0.29, 0.717) is 32.0 Å². The second-order valence-corrected chi connectivity index (χ2v) is 7.89. The predicted octanol–water partition coefficient (Wildman–Crippen LogP) is 2.41. The Kier molecular flexibility index (Phi) is 5.36. The van der Waals surface area contributed by atoms with E-state index in [4.69, 9.17) is 4.74 Å². The summed E-state index contributed by atoms with van der Waals surface area (Å²) in [5.41, 5.74) is 1.39. The van der Waals surface area contributed by atoms with Crippen LogP contribution in [0.3, 0.4) is 0 Å². The number of aryl methyl sites for hydroxylation is 1. The summed E-state index contributed by atoms with van der Waals surface area (Å²) in [7, 11) is -3.60. The molecule has 0 spiro atoms. The van der Waals surface area contributed by atoms with Gasteiger partial charge in [0.15, 0.2) is 0 Å². The van der Waals surface area contributed by atoms with Crippen LogP contribution in [0.25, 0.3) is 0 Å². The lowest BCUT2D eigenvalue weighted by Crippen LogP contribution is -2.40. The second kappa shape index (κ2) is 7.53. The maximum atomic E-state index is 13.3. The van der Waals surface area contributed by atoms with E-state index in [0.717, 1.165) is 5.56 Å². The van der Waals surface area contributed by atoms with Gasteiger partial charge in [0.1, 0.15) is 5.82 Å². The predicted molar refractivity (Wildman–Crippen MR) is 95.1 cm³/mol. The summed E-state index contributed by atoms with van der Waals surface area (Å²) in [6, 6.07) is 9.81. The summed E-state index contributed by atoms with van der Waals surface area (Å²) >= 11 is 0. The quantitative estimate of drug-likeness (QED) is 0.887. The molecule has 26 heavy (non-hydrogen) atoms. The number of sulfonamides is 1. The lowest BCUT2D eigenvalue weighted by atomic mass is 10.1. The van der Waals surface area contributed by atoms with Crippen LogP contribution >= 0.6 is 0 Å². The number of benzene rings is 2. The minimum absolute atomic E-state index is 0.123. The summed E-state index contributed by atoms with van der Waals surface area (Å²) < 4.78 is 45.0. The van der Waals surface area contributed by atoms with Gasteiger partial charge in [-0.05, 0) is 48.9 Å². The molecule has 1 aliphatic rings. The van der Waals surface area contributed by atoms with E-state index in [1.807, 2.05) is 0 Å². The van der Waals surface area contributed by atoms with Crippen LogP contribution in [0.1, 0.15) is 15.9 Å². The minimum atomic E-state index is -3.60. The van der Waals surface area contributed by atoms with Crippen molar-refractivity contribution in [3.8, 4) is 0 Å². The van der Waals surface area contributed by atoms with Crippen LogP contribution in [0.2, 0.25) is 0 Å². The number of carbonyl (C=O) groups is 1. The molecule has 0 atom stereocenters. The molecule has 0 aromatic heterocycles. The smallest absolute Gasteiger partial charge is 0.255 e. The highest BCUT2D eigenvalue weighted by atomic mass is 32.2. The Bertz CT molecular complexity index is 907. The van der Waals surface area contributed by atoms with Crippen molar-refractivity contribution in [2.75, 3.05) is 31.6 Å². The number of hydrogen-bond acceptors (Lipinski definition) is 4. The van der Waals surface area contributed by atoms with E-state index in [1.54, 1.807) is 13.0 Å². The highest BCUT2D eigenvalue weighted by molar-refractivity contribution is 7.89. The number of nitrogens with one attached hydrogen (secondary N) is 1. The number of rotatable bonds is 4. The van der Waals surface area contributed by atoms with Crippen molar-refractivity contribution in [2.45, 2.75) is 11.8 Å². The van der Waals surface area contributed by atoms with Crippen molar-refractivity contribution in [2.24, 2.45) is 0 Å². The second-order valence-electron chi connectivity index (χ2n) is 5.95. The van der Waals surface area contributed by atoms with Gasteiger partial charge in [0.2, 0.25) is 10.0 Å². The summed E-state index contributed by atoms with van der Waals surface area (Å²) in [5.74, 6) is -0.883. The number of anilines is 1. The van der Waals surface area contributed by atoms with Crippen molar-refractivity contribution >= 4 is 21.6 Å². The van der Waals surface area contributed by atoms with Crippen LogP contribution in [0.5, 0.6) is 0 Å². The van der Waals surface area contributed by atoms with Crippen LogP contribution in [-0.4, -0.2) is 44.9 Å². The molecule has 3 rings (SSSR count). The first-order valence-corrected chi connectivity index (χ1v) is 9.57. The van der Waals surface area contributed by atoms with Gasteiger partial charge in [-0.1, -0.05) is 6.07 Å². The van der Waals surface area contributed by atoms with E-state index in [1.165, 1.54) is 40.7 Å². The third kappa shape index (κ3) is 3.92. The van der Waals surface area contributed by atoms with Crippen molar-refractivity contribution < 1.29 is 22.3 Å². The first kappa shape index (κ1) is 18.5. The van der Waals surface area contributed by atoms with E-state index in [2.05, 4.69) is 5.32 Å². The molecule has 0 unspecified atom stereocenters. The van der Waals surface area contributed by atoms with Crippen molar-refractivity contribution in [3.05, 3.63) is 59.4 Å². The van der Waals surface area contributed by atoms with Gasteiger partial charge in [0.25, 0.3) is 5.91 Å². The summed E-state index contributed by atoms with van der Waals surface area (Å²) in [5, 5.41) is 2.63. The maximum absolute atomic E-state index is 13.3. The largest absolute Gasteiger partial charge is 0.379 e. The molecule has 1 amide bonds. The maximum Gasteiger partial charge on any atom is 0.255 e. The normalized spacial score (nSPS) is 15.6. The highest BCUT2D eigenvalue weighted by Gasteiger charge is 2.26. The molecular formula is C18H19FN2O4S. The van der Waals surface area contributed by atoms with E-state index >= 15 is 0 Å². The average Bonchev–Trinajstić information content (AvgIpc) is 2.65. The molecule has 0 radical (unpaired) electrons. The van der Waals surface area contributed by atoms with Crippen LogP contribution in [0, 0.1) is 12.7 Å².